The summed E-state index contributed by atoms with van der Waals surface area (Å²) in [6.45, 7) is 6.49. The molecule has 1 heterocycles. The van der Waals surface area contributed by atoms with Crippen molar-refractivity contribution < 1.29 is 4.79 Å². The van der Waals surface area contributed by atoms with Crippen molar-refractivity contribution in [3.8, 4) is 0 Å². The molecule has 0 bridgehead atoms. The molecule has 1 rings (SSSR count). The molecule has 1 saturated heterocycles. The van der Waals surface area contributed by atoms with Crippen LogP contribution in [0.15, 0.2) is 0 Å². The minimum atomic E-state index is 0.0648. The van der Waals surface area contributed by atoms with Crippen molar-refractivity contribution in [1.29, 1.82) is 0 Å². The Bertz CT molecular complexity index is 194. The lowest BCUT2D eigenvalue weighted by atomic mass is 10.0. The summed E-state index contributed by atoms with van der Waals surface area (Å²) in [4.78, 5) is 13.4. The summed E-state index contributed by atoms with van der Waals surface area (Å²) in [6.07, 6.45) is 2.02. The van der Waals surface area contributed by atoms with E-state index in [1.165, 1.54) is 0 Å². The van der Waals surface area contributed by atoms with Crippen molar-refractivity contribution in [2.45, 2.75) is 32.7 Å². The van der Waals surface area contributed by atoms with E-state index >= 15 is 0 Å². The summed E-state index contributed by atoms with van der Waals surface area (Å²) in [5.74, 6) is 0.474. The molecule has 0 aliphatic carbocycles. The van der Waals surface area contributed by atoms with Gasteiger partial charge in [-0.05, 0) is 25.7 Å². The summed E-state index contributed by atoms with van der Waals surface area (Å²) in [5.41, 5.74) is 5.80. The number of amides is 2. The van der Waals surface area contributed by atoms with Gasteiger partial charge in [0.25, 0.3) is 0 Å². The van der Waals surface area contributed by atoms with Crippen molar-refractivity contribution in [3.05, 3.63) is 0 Å². The maximum absolute atomic E-state index is 11.5. The van der Waals surface area contributed by atoms with Gasteiger partial charge in [0.15, 0.2) is 0 Å². The second-order valence-electron chi connectivity index (χ2n) is 4.09. The number of carbonyl (C=O) groups excluding carboxylic acids is 1. The fraction of sp³-hybridized carbons (Fsp3) is 0.900. The molecule has 0 aromatic heterocycles. The third kappa shape index (κ3) is 2.87. The number of carbonyl (C=O) groups is 1. The highest BCUT2D eigenvalue weighted by Crippen LogP contribution is 2.18. The second kappa shape index (κ2) is 5.20. The van der Waals surface area contributed by atoms with Crippen LogP contribution < -0.4 is 11.1 Å². The number of nitrogens with one attached hydrogen (secondary N) is 1. The van der Waals surface area contributed by atoms with Crippen molar-refractivity contribution >= 4 is 6.03 Å². The standard InChI is InChI=1S/C10H21N3O/c1-3-5-12-10(14)13-6-4-9(7-13)8(2)11/h8-9H,3-7,11H2,1-2H3,(H,12,14). The minimum Gasteiger partial charge on any atom is -0.338 e. The topological polar surface area (TPSA) is 58.4 Å². The van der Waals surface area contributed by atoms with Crippen LogP contribution >= 0.6 is 0 Å². The lowest BCUT2D eigenvalue weighted by Gasteiger charge is -2.18. The van der Waals surface area contributed by atoms with Gasteiger partial charge in [0.1, 0.15) is 0 Å². The van der Waals surface area contributed by atoms with Gasteiger partial charge in [-0.25, -0.2) is 4.79 Å². The van der Waals surface area contributed by atoms with Gasteiger partial charge >= 0.3 is 6.03 Å². The van der Waals surface area contributed by atoms with Crippen LogP contribution in [0, 0.1) is 5.92 Å². The van der Waals surface area contributed by atoms with Gasteiger partial charge in [-0.1, -0.05) is 6.92 Å². The van der Waals surface area contributed by atoms with Crippen LogP contribution in [-0.2, 0) is 0 Å². The largest absolute Gasteiger partial charge is 0.338 e. The number of likely N-dealkylation sites (tertiary alicyclic amines) is 1. The third-order valence-electron chi connectivity index (χ3n) is 2.78. The van der Waals surface area contributed by atoms with E-state index in [1.54, 1.807) is 0 Å². The minimum absolute atomic E-state index is 0.0648. The first-order chi connectivity index (χ1) is 6.65. The fourth-order valence-electron chi connectivity index (χ4n) is 1.74. The van der Waals surface area contributed by atoms with Crippen molar-refractivity contribution in [1.82, 2.24) is 10.2 Å². The van der Waals surface area contributed by atoms with E-state index in [9.17, 15) is 4.79 Å². The summed E-state index contributed by atoms with van der Waals surface area (Å²) < 4.78 is 0. The Morgan fingerprint density at radius 1 is 1.71 bits per heavy atom. The van der Waals surface area contributed by atoms with Crippen molar-refractivity contribution in [2.75, 3.05) is 19.6 Å². The fourth-order valence-corrected chi connectivity index (χ4v) is 1.74. The third-order valence-corrected chi connectivity index (χ3v) is 2.78. The highest BCUT2D eigenvalue weighted by molar-refractivity contribution is 5.74. The van der Waals surface area contributed by atoms with E-state index in [0.717, 1.165) is 32.5 Å². The molecule has 4 nitrogen and oxygen atoms in total. The van der Waals surface area contributed by atoms with E-state index in [0.29, 0.717) is 5.92 Å². The maximum atomic E-state index is 11.5. The van der Waals surface area contributed by atoms with Crippen molar-refractivity contribution in [2.24, 2.45) is 11.7 Å². The lowest BCUT2D eigenvalue weighted by Crippen LogP contribution is -2.40. The molecule has 2 atom stereocenters. The van der Waals surface area contributed by atoms with Crippen LogP contribution in [0.4, 0.5) is 4.79 Å². The molecular formula is C10H21N3O. The predicted octanol–water partition coefficient (Wildman–Crippen LogP) is 0.775. The van der Waals surface area contributed by atoms with Gasteiger partial charge in [-0.15, -0.1) is 0 Å². The van der Waals surface area contributed by atoms with Crippen molar-refractivity contribution in [3.63, 3.8) is 0 Å². The van der Waals surface area contributed by atoms with Crippen LogP contribution in [0.1, 0.15) is 26.7 Å². The monoisotopic (exact) mass is 199 g/mol. The highest BCUT2D eigenvalue weighted by atomic mass is 16.2. The Morgan fingerprint density at radius 3 is 2.93 bits per heavy atom. The molecule has 1 fully saturated rings. The highest BCUT2D eigenvalue weighted by Gasteiger charge is 2.27. The summed E-state index contributed by atoms with van der Waals surface area (Å²) in [5, 5.41) is 2.88. The van der Waals surface area contributed by atoms with E-state index in [-0.39, 0.29) is 12.1 Å². The molecule has 0 aromatic carbocycles. The molecule has 82 valence electrons. The zero-order valence-electron chi connectivity index (χ0n) is 9.12. The predicted molar refractivity (Wildman–Crippen MR) is 57.0 cm³/mol. The van der Waals surface area contributed by atoms with E-state index in [2.05, 4.69) is 12.2 Å². The molecular weight excluding hydrogens is 178 g/mol. The van der Waals surface area contributed by atoms with Gasteiger partial charge in [-0.3, -0.25) is 0 Å². The smallest absolute Gasteiger partial charge is 0.317 e. The zero-order valence-corrected chi connectivity index (χ0v) is 9.12. The Labute approximate surface area is 85.8 Å². The molecule has 1 aliphatic rings. The van der Waals surface area contributed by atoms with Crippen LogP contribution in [0.5, 0.6) is 0 Å². The van der Waals surface area contributed by atoms with Crippen LogP contribution in [0.25, 0.3) is 0 Å². The number of hydrogen-bond donors (Lipinski definition) is 2. The summed E-state index contributed by atoms with van der Waals surface area (Å²) >= 11 is 0. The van der Waals surface area contributed by atoms with Gasteiger partial charge in [0.05, 0.1) is 0 Å². The zero-order chi connectivity index (χ0) is 10.6. The van der Waals surface area contributed by atoms with E-state index < -0.39 is 0 Å². The SMILES string of the molecule is CCCNC(=O)N1CCC(C(C)N)C1. The first-order valence-corrected chi connectivity index (χ1v) is 5.43. The first kappa shape index (κ1) is 11.3. The molecule has 1 aliphatic heterocycles. The molecule has 2 unspecified atom stereocenters. The average molecular weight is 199 g/mol. The molecule has 0 aromatic rings. The molecule has 0 saturated carbocycles. The van der Waals surface area contributed by atoms with Crippen LogP contribution in [-0.4, -0.2) is 36.6 Å². The molecule has 3 N–H and O–H groups in total. The lowest BCUT2D eigenvalue weighted by molar-refractivity contribution is 0.206. The van der Waals surface area contributed by atoms with Gasteiger partial charge in [0.2, 0.25) is 0 Å². The first-order valence-electron chi connectivity index (χ1n) is 5.43. The normalized spacial score (nSPS) is 23.6. The number of urea groups is 1. The van der Waals surface area contributed by atoms with Crippen LogP contribution in [0.2, 0.25) is 0 Å². The second-order valence-corrected chi connectivity index (χ2v) is 4.09. The maximum Gasteiger partial charge on any atom is 0.317 e. The van der Waals surface area contributed by atoms with E-state index in [1.807, 2.05) is 11.8 Å². The van der Waals surface area contributed by atoms with Gasteiger partial charge in [0, 0.05) is 25.7 Å². The quantitative estimate of drug-likeness (QED) is 0.705. The number of nitrogens with two attached hydrogens (primary N) is 1. The van der Waals surface area contributed by atoms with Gasteiger partial charge < -0.3 is 16.0 Å². The van der Waals surface area contributed by atoms with Gasteiger partial charge in [-0.2, -0.15) is 0 Å². The molecule has 4 heteroatoms. The molecule has 0 spiro atoms. The number of nitrogens with zero attached hydrogens (tertiary/aromatic N) is 1. The van der Waals surface area contributed by atoms with Crippen LogP contribution in [0.3, 0.4) is 0 Å². The molecule has 0 radical (unpaired) electrons. The number of hydrogen-bond acceptors (Lipinski definition) is 2. The Balaban J connectivity index is 2.30. The summed E-state index contributed by atoms with van der Waals surface area (Å²) in [7, 11) is 0. The Kier molecular flexibility index (Phi) is 4.20. The molecule has 2 amide bonds. The van der Waals surface area contributed by atoms with E-state index in [4.69, 9.17) is 5.73 Å². The summed E-state index contributed by atoms with van der Waals surface area (Å²) in [6, 6.07) is 0.258. The molecule has 14 heavy (non-hydrogen) atoms. The Hall–Kier alpha value is -0.770. The average Bonchev–Trinajstić information content (AvgIpc) is 2.62. The Morgan fingerprint density at radius 2 is 2.43 bits per heavy atom. The number of rotatable bonds is 3.